The van der Waals surface area contributed by atoms with Crippen molar-refractivity contribution in [3.63, 3.8) is 0 Å². The SMILES string of the molecule is C/C=C\Cn1c(C(=O)N2CCN(C/C=C/c3ccccc3)CC2)cc2c(OCc3ccccc3)cccc21. The van der Waals surface area contributed by atoms with Crippen molar-refractivity contribution in [2.24, 2.45) is 0 Å². The molecule has 5 nitrogen and oxygen atoms in total. The van der Waals surface area contributed by atoms with Crippen molar-refractivity contribution in [2.45, 2.75) is 20.1 Å². The Bertz CT molecular complexity index is 1400. The van der Waals surface area contributed by atoms with Crippen LogP contribution in [0.15, 0.2) is 103 Å². The highest BCUT2D eigenvalue weighted by molar-refractivity contribution is 6.00. The third-order valence-electron chi connectivity index (χ3n) is 7.02. The highest BCUT2D eigenvalue weighted by Gasteiger charge is 2.25. The molecular formula is C33H35N3O2. The highest BCUT2D eigenvalue weighted by atomic mass is 16.5. The van der Waals surface area contributed by atoms with Crippen LogP contribution in [-0.4, -0.2) is 53.0 Å². The van der Waals surface area contributed by atoms with E-state index in [1.165, 1.54) is 5.56 Å². The summed E-state index contributed by atoms with van der Waals surface area (Å²) < 4.78 is 8.33. The third kappa shape index (κ3) is 6.06. The standard InChI is InChI=1S/C33H35N3O2/c1-2-3-20-36-30-17-10-18-32(38-26-28-14-8-5-9-15-28)29(30)25-31(36)33(37)35-23-21-34(22-24-35)19-11-16-27-12-6-4-7-13-27/h2-18,25H,19-24,26H2,1H3/b3-2-,16-11+. The Morgan fingerprint density at radius 1 is 0.842 bits per heavy atom. The zero-order chi connectivity index (χ0) is 26.2. The van der Waals surface area contributed by atoms with Gasteiger partial charge in [-0.1, -0.05) is 91.0 Å². The largest absolute Gasteiger partial charge is 0.488 e. The average Bonchev–Trinajstić information content (AvgIpc) is 3.35. The molecule has 194 valence electrons. The van der Waals surface area contributed by atoms with Crippen LogP contribution in [-0.2, 0) is 13.2 Å². The zero-order valence-corrected chi connectivity index (χ0v) is 22.0. The Hall–Kier alpha value is -4.09. The molecule has 3 aromatic carbocycles. The number of fused-ring (bicyclic) bond motifs is 1. The van der Waals surface area contributed by atoms with Crippen molar-refractivity contribution in [2.75, 3.05) is 32.7 Å². The van der Waals surface area contributed by atoms with Crippen LogP contribution in [0.1, 0.15) is 28.5 Å². The molecule has 0 bridgehead atoms. The number of carbonyl (C=O) groups excluding carboxylic acids is 1. The number of carbonyl (C=O) groups is 1. The van der Waals surface area contributed by atoms with E-state index in [1.54, 1.807) is 0 Å². The molecule has 5 heteroatoms. The van der Waals surface area contributed by atoms with Gasteiger partial charge < -0.3 is 14.2 Å². The van der Waals surface area contributed by atoms with Crippen molar-refractivity contribution < 1.29 is 9.53 Å². The Labute approximate surface area is 225 Å². The van der Waals surface area contributed by atoms with Gasteiger partial charge in [0.25, 0.3) is 5.91 Å². The van der Waals surface area contributed by atoms with E-state index in [0.717, 1.165) is 54.9 Å². The molecule has 0 unspecified atom stereocenters. The summed E-state index contributed by atoms with van der Waals surface area (Å²) in [5.41, 5.74) is 4.06. The Kier molecular flexibility index (Phi) is 8.36. The quantitative estimate of drug-likeness (QED) is 0.252. The number of piperazine rings is 1. The molecule has 0 radical (unpaired) electrons. The van der Waals surface area contributed by atoms with Gasteiger partial charge in [0.15, 0.2) is 0 Å². The lowest BCUT2D eigenvalue weighted by Gasteiger charge is -2.34. The van der Waals surface area contributed by atoms with E-state index in [9.17, 15) is 4.79 Å². The molecule has 0 N–H and O–H groups in total. The summed E-state index contributed by atoms with van der Waals surface area (Å²) in [6.07, 6.45) is 8.48. The van der Waals surface area contributed by atoms with Crippen LogP contribution in [0.4, 0.5) is 0 Å². The van der Waals surface area contributed by atoms with Crippen LogP contribution < -0.4 is 4.74 Å². The Morgan fingerprint density at radius 3 is 2.32 bits per heavy atom. The summed E-state index contributed by atoms with van der Waals surface area (Å²) in [5, 5.41) is 0.973. The number of amides is 1. The second-order valence-corrected chi connectivity index (χ2v) is 9.58. The van der Waals surface area contributed by atoms with Crippen LogP contribution in [0, 0.1) is 0 Å². The maximum atomic E-state index is 13.8. The van der Waals surface area contributed by atoms with Crippen LogP contribution in [0.5, 0.6) is 5.75 Å². The van der Waals surface area contributed by atoms with Crippen molar-refractivity contribution in [3.8, 4) is 5.75 Å². The summed E-state index contributed by atoms with van der Waals surface area (Å²) in [6, 6.07) is 28.6. The molecule has 1 aliphatic rings. The summed E-state index contributed by atoms with van der Waals surface area (Å²) in [4.78, 5) is 18.1. The van der Waals surface area contributed by atoms with Gasteiger partial charge in [-0.3, -0.25) is 9.69 Å². The van der Waals surface area contributed by atoms with Crippen LogP contribution in [0.25, 0.3) is 17.0 Å². The predicted octanol–water partition coefficient (Wildman–Crippen LogP) is 6.27. The smallest absolute Gasteiger partial charge is 0.270 e. The molecule has 0 atom stereocenters. The minimum atomic E-state index is 0.0826. The van der Waals surface area contributed by atoms with Gasteiger partial charge in [0.05, 0.1) is 5.52 Å². The summed E-state index contributed by atoms with van der Waals surface area (Å²) >= 11 is 0. The predicted molar refractivity (Wildman–Crippen MR) is 155 cm³/mol. The number of nitrogens with zero attached hydrogens (tertiary/aromatic N) is 3. The van der Waals surface area contributed by atoms with E-state index in [-0.39, 0.29) is 5.91 Å². The number of ether oxygens (including phenoxy) is 1. The maximum absolute atomic E-state index is 13.8. The van der Waals surface area contributed by atoms with E-state index in [2.05, 4.69) is 70.2 Å². The van der Waals surface area contributed by atoms with Gasteiger partial charge >= 0.3 is 0 Å². The maximum Gasteiger partial charge on any atom is 0.270 e. The third-order valence-corrected chi connectivity index (χ3v) is 7.02. The lowest BCUT2D eigenvalue weighted by atomic mass is 10.2. The van der Waals surface area contributed by atoms with E-state index in [4.69, 9.17) is 4.74 Å². The molecule has 1 aliphatic heterocycles. The molecular weight excluding hydrogens is 470 g/mol. The molecule has 1 aromatic heterocycles. The van der Waals surface area contributed by atoms with Gasteiger partial charge in [-0.25, -0.2) is 0 Å². The molecule has 0 saturated carbocycles. The molecule has 5 rings (SSSR count). The first kappa shape index (κ1) is 25.6. The fraction of sp³-hybridized carbons (Fsp3) is 0.242. The first-order valence-electron chi connectivity index (χ1n) is 13.4. The van der Waals surface area contributed by atoms with Crippen LogP contribution in [0.2, 0.25) is 0 Å². The molecule has 0 spiro atoms. The van der Waals surface area contributed by atoms with E-state index in [1.807, 2.05) is 60.4 Å². The number of allylic oxidation sites excluding steroid dienone is 2. The lowest BCUT2D eigenvalue weighted by molar-refractivity contribution is 0.0640. The molecule has 1 saturated heterocycles. The molecule has 1 fully saturated rings. The average molecular weight is 506 g/mol. The van der Waals surface area contributed by atoms with Gasteiger partial charge in [0, 0.05) is 44.7 Å². The van der Waals surface area contributed by atoms with Crippen LogP contribution >= 0.6 is 0 Å². The molecule has 4 aromatic rings. The lowest BCUT2D eigenvalue weighted by Crippen LogP contribution is -2.49. The second kappa shape index (κ2) is 12.4. The fourth-order valence-electron chi connectivity index (χ4n) is 4.90. The number of hydrogen-bond donors (Lipinski definition) is 0. The van der Waals surface area contributed by atoms with E-state index < -0.39 is 0 Å². The van der Waals surface area contributed by atoms with Gasteiger partial charge in [-0.2, -0.15) is 0 Å². The zero-order valence-electron chi connectivity index (χ0n) is 22.0. The van der Waals surface area contributed by atoms with E-state index in [0.29, 0.717) is 18.8 Å². The number of aromatic nitrogens is 1. The fourth-order valence-corrected chi connectivity index (χ4v) is 4.90. The van der Waals surface area contributed by atoms with Crippen molar-refractivity contribution in [1.29, 1.82) is 0 Å². The van der Waals surface area contributed by atoms with Crippen molar-refractivity contribution in [1.82, 2.24) is 14.4 Å². The minimum Gasteiger partial charge on any atom is -0.488 e. The Balaban J connectivity index is 1.29. The number of benzene rings is 3. The van der Waals surface area contributed by atoms with E-state index >= 15 is 0 Å². The van der Waals surface area contributed by atoms with Crippen LogP contribution in [0.3, 0.4) is 0 Å². The number of rotatable bonds is 9. The molecule has 38 heavy (non-hydrogen) atoms. The topological polar surface area (TPSA) is 37.7 Å². The first-order valence-corrected chi connectivity index (χ1v) is 13.4. The molecule has 2 heterocycles. The highest BCUT2D eigenvalue weighted by Crippen LogP contribution is 2.30. The number of hydrogen-bond acceptors (Lipinski definition) is 3. The minimum absolute atomic E-state index is 0.0826. The normalized spacial score (nSPS) is 14.6. The van der Waals surface area contributed by atoms with Crippen molar-refractivity contribution in [3.05, 3.63) is 120 Å². The van der Waals surface area contributed by atoms with Gasteiger partial charge in [-0.15, -0.1) is 0 Å². The first-order chi connectivity index (χ1) is 18.7. The monoisotopic (exact) mass is 505 g/mol. The van der Waals surface area contributed by atoms with Gasteiger partial charge in [0.2, 0.25) is 0 Å². The Morgan fingerprint density at radius 2 is 1.58 bits per heavy atom. The van der Waals surface area contributed by atoms with Gasteiger partial charge in [-0.05, 0) is 36.2 Å². The summed E-state index contributed by atoms with van der Waals surface area (Å²) in [6.45, 7) is 7.21. The molecule has 1 amide bonds. The van der Waals surface area contributed by atoms with Crippen molar-refractivity contribution >= 4 is 22.9 Å². The van der Waals surface area contributed by atoms with Gasteiger partial charge in [0.1, 0.15) is 18.1 Å². The summed E-state index contributed by atoms with van der Waals surface area (Å²) in [7, 11) is 0. The second-order valence-electron chi connectivity index (χ2n) is 9.58. The summed E-state index contributed by atoms with van der Waals surface area (Å²) in [5.74, 6) is 0.883. The molecule has 0 aliphatic carbocycles.